The molecule has 0 saturated carbocycles. The number of carbonyl (C=O) groups excluding carboxylic acids is 2. The molecule has 3 aromatic carbocycles. The van der Waals surface area contributed by atoms with Gasteiger partial charge in [0, 0.05) is 41.9 Å². The Morgan fingerprint density at radius 2 is 1.73 bits per heavy atom. The number of hydrogen-bond acceptors (Lipinski definition) is 4. The van der Waals surface area contributed by atoms with Crippen LogP contribution < -0.4 is 0 Å². The molecule has 1 atom stereocenters. The standard InChI is InChI=1S/C30H23ClN2O4/c31-22-10-12-24-21(15-22)16-28(34)27(17-23-8-4-5-13-32-23)33(29(24)35)18-19-9-11-25(30(36)37)26(14-19)20-6-2-1-3-7-20/h1-15,27H,16-18H2,(H,36,37)/t27-/m1/s1. The fourth-order valence-electron chi connectivity index (χ4n) is 4.75. The third kappa shape index (κ3) is 5.15. The van der Waals surface area contributed by atoms with Crippen LogP contribution in [-0.2, 0) is 24.2 Å². The molecule has 37 heavy (non-hydrogen) atoms. The lowest BCUT2D eigenvalue weighted by Gasteiger charge is -2.29. The largest absolute Gasteiger partial charge is 0.478 e. The minimum Gasteiger partial charge on any atom is -0.478 e. The van der Waals surface area contributed by atoms with E-state index in [1.807, 2.05) is 42.5 Å². The molecule has 0 fully saturated rings. The molecule has 1 aliphatic heterocycles. The molecular formula is C30H23ClN2O4. The number of pyridine rings is 1. The van der Waals surface area contributed by atoms with Gasteiger partial charge in [0.05, 0.1) is 11.6 Å². The van der Waals surface area contributed by atoms with E-state index in [0.717, 1.165) is 5.56 Å². The molecule has 7 heteroatoms. The normalized spacial score (nSPS) is 15.3. The number of aromatic nitrogens is 1. The number of amides is 1. The van der Waals surface area contributed by atoms with E-state index in [2.05, 4.69) is 4.98 Å². The van der Waals surface area contributed by atoms with Crippen LogP contribution in [0.15, 0.2) is 91.1 Å². The summed E-state index contributed by atoms with van der Waals surface area (Å²) in [6, 6.07) is 24.0. The van der Waals surface area contributed by atoms with Crippen molar-refractivity contribution in [2.45, 2.75) is 25.4 Å². The second kappa shape index (κ2) is 10.4. The highest BCUT2D eigenvalue weighted by Gasteiger charge is 2.36. The van der Waals surface area contributed by atoms with E-state index in [-0.39, 0.29) is 36.6 Å². The molecular weight excluding hydrogens is 488 g/mol. The Morgan fingerprint density at radius 3 is 2.46 bits per heavy atom. The Hall–Kier alpha value is -4.29. The van der Waals surface area contributed by atoms with E-state index in [4.69, 9.17) is 11.6 Å². The third-order valence-corrected chi connectivity index (χ3v) is 6.79. The zero-order chi connectivity index (χ0) is 25.9. The topological polar surface area (TPSA) is 87.6 Å². The van der Waals surface area contributed by atoms with Gasteiger partial charge in [-0.1, -0.05) is 54.1 Å². The molecule has 0 radical (unpaired) electrons. The fourth-order valence-corrected chi connectivity index (χ4v) is 4.94. The van der Waals surface area contributed by atoms with E-state index in [1.54, 1.807) is 53.6 Å². The van der Waals surface area contributed by atoms with Crippen molar-refractivity contribution in [3.8, 4) is 11.1 Å². The van der Waals surface area contributed by atoms with Crippen molar-refractivity contribution in [2.24, 2.45) is 0 Å². The fraction of sp³-hybridized carbons (Fsp3) is 0.133. The Morgan fingerprint density at radius 1 is 0.946 bits per heavy atom. The maximum Gasteiger partial charge on any atom is 0.336 e. The Labute approximate surface area is 219 Å². The second-order valence-corrected chi connectivity index (χ2v) is 9.41. The van der Waals surface area contributed by atoms with Crippen LogP contribution >= 0.6 is 11.6 Å². The zero-order valence-electron chi connectivity index (χ0n) is 19.8. The first kappa shape index (κ1) is 24.4. The van der Waals surface area contributed by atoms with Gasteiger partial charge in [-0.15, -0.1) is 0 Å². The second-order valence-electron chi connectivity index (χ2n) is 8.97. The average molecular weight is 511 g/mol. The highest BCUT2D eigenvalue weighted by atomic mass is 35.5. The molecule has 0 unspecified atom stereocenters. The lowest BCUT2D eigenvalue weighted by Crippen LogP contribution is -2.45. The van der Waals surface area contributed by atoms with Crippen molar-refractivity contribution in [1.82, 2.24) is 9.88 Å². The maximum absolute atomic E-state index is 13.8. The number of halogens is 1. The number of hydrogen-bond donors (Lipinski definition) is 1. The minimum atomic E-state index is -1.04. The van der Waals surface area contributed by atoms with Crippen LogP contribution in [0, 0.1) is 0 Å². The van der Waals surface area contributed by atoms with Crippen LogP contribution in [0.25, 0.3) is 11.1 Å². The number of carboxylic acid groups (broad SMARTS) is 1. The van der Waals surface area contributed by atoms with Crippen LogP contribution in [0.1, 0.15) is 37.5 Å². The van der Waals surface area contributed by atoms with Gasteiger partial charge in [-0.05, 0) is 64.7 Å². The molecule has 1 amide bonds. The molecule has 0 aliphatic carbocycles. The molecule has 2 heterocycles. The van der Waals surface area contributed by atoms with Gasteiger partial charge in [0.2, 0.25) is 0 Å². The highest BCUT2D eigenvalue weighted by molar-refractivity contribution is 6.30. The molecule has 6 nitrogen and oxygen atoms in total. The highest BCUT2D eigenvalue weighted by Crippen LogP contribution is 2.29. The van der Waals surface area contributed by atoms with Crippen molar-refractivity contribution < 1.29 is 19.5 Å². The van der Waals surface area contributed by atoms with Crippen LogP contribution in [0.2, 0.25) is 5.02 Å². The molecule has 4 aromatic rings. The quantitative estimate of drug-likeness (QED) is 0.371. The SMILES string of the molecule is O=C(O)c1ccc(CN2C(=O)c3ccc(Cl)cc3CC(=O)[C@H]2Cc2ccccn2)cc1-c1ccccc1. The number of ketones is 1. The first-order valence-electron chi connectivity index (χ1n) is 11.8. The summed E-state index contributed by atoms with van der Waals surface area (Å²) >= 11 is 6.18. The summed E-state index contributed by atoms with van der Waals surface area (Å²) in [6.45, 7) is 0.129. The van der Waals surface area contributed by atoms with Crippen molar-refractivity contribution in [3.63, 3.8) is 0 Å². The van der Waals surface area contributed by atoms with Crippen LogP contribution in [0.5, 0.6) is 0 Å². The number of fused-ring (bicyclic) bond motifs is 1. The summed E-state index contributed by atoms with van der Waals surface area (Å²) in [5.74, 6) is -1.42. The van der Waals surface area contributed by atoms with Gasteiger partial charge in [-0.2, -0.15) is 0 Å². The molecule has 184 valence electrons. The number of benzene rings is 3. The number of aromatic carboxylic acids is 1. The summed E-state index contributed by atoms with van der Waals surface area (Å²) in [5.41, 5.74) is 3.92. The Balaban J connectivity index is 1.58. The van der Waals surface area contributed by atoms with Gasteiger partial charge in [0.25, 0.3) is 5.91 Å². The molecule has 1 N–H and O–H groups in total. The molecule has 1 aromatic heterocycles. The average Bonchev–Trinajstić information content (AvgIpc) is 2.99. The van der Waals surface area contributed by atoms with E-state index >= 15 is 0 Å². The van der Waals surface area contributed by atoms with E-state index < -0.39 is 12.0 Å². The van der Waals surface area contributed by atoms with Crippen molar-refractivity contribution in [3.05, 3.63) is 124 Å². The minimum absolute atomic E-state index is 0.0862. The van der Waals surface area contributed by atoms with Crippen LogP contribution in [-0.4, -0.2) is 38.7 Å². The third-order valence-electron chi connectivity index (χ3n) is 6.55. The van der Waals surface area contributed by atoms with Crippen molar-refractivity contribution in [2.75, 3.05) is 0 Å². The molecule has 5 rings (SSSR count). The maximum atomic E-state index is 13.8. The zero-order valence-corrected chi connectivity index (χ0v) is 20.6. The summed E-state index contributed by atoms with van der Waals surface area (Å²) in [5, 5.41) is 10.2. The van der Waals surface area contributed by atoms with Gasteiger partial charge in [0.15, 0.2) is 5.78 Å². The van der Waals surface area contributed by atoms with Gasteiger partial charge in [-0.3, -0.25) is 14.6 Å². The first-order valence-corrected chi connectivity index (χ1v) is 12.2. The lowest BCUT2D eigenvalue weighted by molar-refractivity contribution is -0.122. The molecule has 0 saturated heterocycles. The predicted molar refractivity (Wildman–Crippen MR) is 141 cm³/mol. The van der Waals surface area contributed by atoms with Gasteiger partial charge >= 0.3 is 5.97 Å². The summed E-state index contributed by atoms with van der Waals surface area (Å²) < 4.78 is 0. The molecule has 0 bridgehead atoms. The van der Waals surface area contributed by atoms with Crippen LogP contribution in [0.4, 0.5) is 0 Å². The number of rotatable bonds is 6. The van der Waals surface area contributed by atoms with Crippen LogP contribution in [0.3, 0.4) is 0 Å². The summed E-state index contributed by atoms with van der Waals surface area (Å²) in [7, 11) is 0. The predicted octanol–water partition coefficient (Wildman–Crippen LogP) is 5.48. The number of Topliss-reactive ketones (excluding diaryl/α,β-unsaturated/α-hetero) is 1. The van der Waals surface area contributed by atoms with Crippen molar-refractivity contribution in [1.29, 1.82) is 0 Å². The van der Waals surface area contributed by atoms with Gasteiger partial charge < -0.3 is 10.0 Å². The van der Waals surface area contributed by atoms with E-state index in [0.29, 0.717) is 33.0 Å². The van der Waals surface area contributed by atoms with Crippen molar-refractivity contribution >= 4 is 29.3 Å². The van der Waals surface area contributed by atoms with E-state index in [1.165, 1.54) is 0 Å². The van der Waals surface area contributed by atoms with E-state index in [9.17, 15) is 19.5 Å². The van der Waals surface area contributed by atoms with Gasteiger partial charge in [0.1, 0.15) is 0 Å². The van der Waals surface area contributed by atoms with Gasteiger partial charge in [-0.25, -0.2) is 4.79 Å². The lowest BCUT2D eigenvalue weighted by atomic mass is 9.96. The Bertz CT molecular complexity index is 1490. The molecule has 1 aliphatic rings. The monoisotopic (exact) mass is 510 g/mol. The number of nitrogens with zero attached hydrogens (tertiary/aromatic N) is 2. The summed E-state index contributed by atoms with van der Waals surface area (Å²) in [4.78, 5) is 45.2. The Kier molecular flexibility index (Phi) is 6.84. The summed E-state index contributed by atoms with van der Waals surface area (Å²) in [6.07, 6.45) is 2.02. The number of carbonyl (C=O) groups is 3. The smallest absolute Gasteiger partial charge is 0.336 e. The molecule has 0 spiro atoms. The number of carboxylic acids is 1. The first-order chi connectivity index (χ1) is 17.9.